The number of piperidine rings is 1. The van der Waals surface area contributed by atoms with Gasteiger partial charge in [-0.1, -0.05) is 13.8 Å². The normalized spacial score (nSPS) is 22.3. The highest BCUT2D eigenvalue weighted by Crippen LogP contribution is 2.21. The van der Waals surface area contributed by atoms with Gasteiger partial charge >= 0.3 is 0 Å². The van der Waals surface area contributed by atoms with Crippen LogP contribution in [0.25, 0.3) is 0 Å². The van der Waals surface area contributed by atoms with Crippen LogP contribution in [-0.4, -0.2) is 53.4 Å². The zero-order chi connectivity index (χ0) is 17.1. The second-order valence-corrected chi connectivity index (χ2v) is 7.28. The monoisotopic (exact) mass is 319 g/mol. The number of amides is 1. The minimum absolute atomic E-state index is 0.0529. The van der Waals surface area contributed by atoms with Crippen molar-refractivity contribution in [2.24, 2.45) is 5.92 Å². The fourth-order valence-electron chi connectivity index (χ4n) is 3.26. The minimum Gasteiger partial charge on any atom is -0.339 e. The third-order valence-corrected chi connectivity index (χ3v) is 4.82. The van der Waals surface area contributed by atoms with Gasteiger partial charge in [0.1, 0.15) is 0 Å². The van der Waals surface area contributed by atoms with Gasteiger partial charge in [-0.15, -0.1) is 0 Å². The highest BCUT2D eigenvalue weighted by atomic mass is 16.2. The van der Waals surface area contributed by atoms with Gasteiger partial charge in [0, 0.05) is 43.0 Å². The van der Waals surface area contributed by atoms with Gasteiger partial charge in [0.15, 0.2) is 0 Å². The van der Waals surface area contributed by atoms with Crippen LogP contribution in [0.1, 0.15) is 49.7 Å². The lowest BCUT2D eigenvalue weighted by atomic mass is 9.97. The van der Waals surface area contributed by atoms with E-state index in [0.29, 0.717) is 17.5 Å². The van der Waals surface area contributed by atoms with Crippen molar-refractivity contribution in [1.82, 2.24) is 14.8 Å². The Labute approximate surface area is 138 Å². The number of carbonyl (C=O) groups is 1. The van der Waals surface area contributed by atoms with E-state index in [1.807, 2.05) is 18.0 Å². The number of rotatable bonds is 4. The number of likely N-dealkylation sites (tertiary alicyclic amines) is 1. The Kier molecular flexibility index (Phi) is 5.63. The summed E-state index contributed by atoms with van der Waals surface area (Å²) in [7, 11) is 3.98. The first kappa shape index (κ1) is 17.7. The summed E-state index contributed by atoms with van der Waals surface area (Å²) in [6.45, 7) is 7.38. The van der Waals surface area contributed by atoms with Crippen LogP contribution in [-0.2, 0) is 6.42 Å². The van der Waals surface area contributed by atoms with Crippen LogP contribution >= 0.6 is 0 Å². The van der Waals surface area contributed by atoms with E-state index in [-0.39, 0.29) is 17.5 Å². The average molecular weight is 319 g/mol. The van der Waals surface area contributed by atoms with Crippen LogP contribution in [0.15, 0.2) is 16.9 Å². The van der Waals surface area contributed by atoms with E-state index < -0.39 is 0 Å². The molecule has 5 nitrogen and oxygen atoms in total. The summed E-state index contributed by atoms with van der Waals surface area (Å²) in [4.78, 5) is 31.6. The minimum atomic E-state index is -0.198. The fourth-order valence-corrected chi connectivity index (χ4v) is 3.26. The Balaban J connectivity index is 2.16. The number of nitrogens with one attached hydrogen (secondary N) is 1. The van der Waals surface area contributed by atoms with Crippen molar-refractivity contribution >= 4 is 5.91 Å². The Morgan fingerprint density at radius 2 is 2.13 bits per heavy atom. The first-order valence-corrected chi connectivity index (χ1v) is 8.48. The van der Waals surface area contributed by atoms with Crippen molar-refractivity contribution in [1.29, 1.82) is 0 Å². The van der Waals surface area contributed by atoms with Crippen LogP contribution in [0.5, 0.6) is 0 Å². The fraction of sp³-hybridized carbons (Fsp3) is 0.667. The standard InChI is InChI=1S/C18H29N3O2/c1-12(2)8-15-10-14(11-17(22)19-15)18(23)21(5)16-6-7-20(4)13(3)9-16/h10-13,16H,6-9H2,1-5H3,(H,19,22)/t13-,16+/m0/s1. The lowest BCUT2D eigenvalue weighted by molar-refractivity contribution is 0.0598. The molecule has 0 aromatic carbocycles. The van der Waals surface area contributed by atoms with E-state index in [0.717, 1.165) is 31.5 Å². The summed E-state index contributed by atoms with van der Waals surface area (Å²) < 4.78 is 0. The highest BCUT2D eigenvalue weighted by molar-refractivity contribution is 5.94. The number of aromatic amines is 1. The molecule has 2 heterocycles. The zero-order valence-corrected chi connectivity index (χ0v) is 14.9. The number of carbonyl (C=O) groups excluding carboxylic acids is 1. The van der Waals surface area contributed by atoms with E-state index in [4.69, 9.17) is 0 Å². The summed E-state index contributed by atoms with van der Waals surface area (Å²) in [6, 6.07) is 3.96. The molecule has 1 amide bonds. The molecule has 23 heavy (non-hydrogen) atoms. The predicted molar refractivity (Wildman–Crippen MR) is 92.8 cm³/mol. The molecule has 0 spiro atoms. The summed E-state index contributed by atoms with van der Waals surface area (Å²) >= 11 is 0. The molecule has 1 aliphatic heterocycles. The molecule has 2 rings (SSSR count). The molecule has 5 heteroatoms. The maximum atomic E-state index is 12.8. The Hall–Kier alpha value is -1.62. The lowest BCUT2D eigenvalue weighted by Crippen LogP contribution is -2.48. The molecule has 1 aliphatic rings. The molecular weight excluding hydrogens is 290 g/mol. The maximum absolute atomic E-state index is 12.8. The molecule has 0 aliphatic carbocycles. The van der Waals surface area contributed by atoms with E-state index in [1.165, 1.54) is 6.07 Å². The van der Waals surface area contributed by atoms with Gasteiger partial charge in [0.25, 0.3) is 5.91 Å². The molecular formula is C18H29N3O2. The maximum Gasteiger partial charge on any atom is 0.254 e. The third-order valence-electron chi connectivity index (χ3n) is 4.82. The van der Waals surface area contributed by atoms with Crippen LogP contribution in [0, 0.1) is 5.92 Å². The largest absolute Gasteiger partial charge is 0.339 e. The van der Waals surface area contributed by atoms with E-state index >= 15 is 0 Å². The first-order chi connectivity index (χ1) is 10.8. The van der Waals surface area contributed by atoms with Crippen molar-refractivity contribution in [2.75, 3.05) is 20.6 Å². The van der Waals surface area contributed by atoms with Gasteiger partial charge in [0.2, 0.25) is 5.56 Å². The van der Waals surface area contributed by atoms with Crippen molar-refractivity contribution < 1.29 is 4.79 Å². The Bertz CT molecular complexity index is 609. The first-order valence-electron chi connectivity index (χ1n) is 8.48. The molecule has 2 atom stereocenters. The predicted octanol–water partition coefficient (Wildman–Crippen LogP) is 2.13. The molecule has 0 saturated carbocycles. The van der Waals surface area contributed by atoms with Gasteiger partial charge in [-0.05, 0) is 45.2 Å². The quantitative estimate of drug-likeness (QED) is 0.925. The van der Waals surface area contributed by atoms with Crippen LogP contribution in [0.2, 0.25) is 0 Å². The van der Waals surface area contributed by atoms with Crippen molar-refractivity contribution in [3.05, 3.63) is 33.7 Å². The second-order valence-electron chi connectivity index (χ2n) is 7.28. The molecule has 1 saturated heterocycles. The second kappa shape index (κ2) is 7.30. The van der Waals surface area contributed by atoms with Crippen molar-refractivity contribution in [2.45, 2.75) is 52.1 Å². The van der Waals surface area contributed by atoms with Gasteiger partial charge in [-0.2, -0.15) is 0 Å². The molecule has 1 N–H and O–H groups in total. The smallest absolute Gasteiger partial charge is 0.254 e. The number of aromatic nitrogens is 1. The summed E-state index contributed by atoms with van der Waals surface area (Å²) in [5.74, 6) is 0.381. The Morgan fingerprint density at radius 1 is 1.43 bits per heavy atom. The van der Waals surface area contributed by atoms with Crippen LogP contribution in [0.3, 0.4) is 0 Å². The lowest BCUT2D eigenvalue weighted by Gasteiger charge is -2.39. The van der Waals surface area contributed by atoms with Crippen LogP contribution in [0.4, 0.5) is 0 Å². The summed E-state index contributed by atoms with van der Waals surface area (Å²) in [5.41, 5.74) is 1.14. The summed E-state index contributed by atoms with van der Waals surface area (Å²) in [5, 5.41) is 0. The van der Waals surface area contributed by atoms with Gasteiger partial charge in [0.05, 0.1) is 0 Å². The number of nitrogens with zero attached hydrogens (tertiary/aromatic N) is 2. The van der Waals surface area contributed by atoms with Crippen LogP contribution < -0.4 is 5.56 Å². The third kappa shape index (κ3) is 4.44. The molecule has 0 bridgehead atoms. The van der Waals surface area contributed by atoms with Crippen molar-refractivity contribution in [3.63, 3.8) is 0 Å². The van der Waals surface area contributed by atoms with Gasteiger partial charge in [-0.25, -0.2) is 0 Å². The van der Waals surface area contributed by atoms with Gasteiger partial charge in [-0.3, -0.25) is 9.59 Å². The molecule has 128 valence electrons. The molecule has 1 aromatic heterocycles. The van der Waals surface area contributed by atoms with E-state index in [2.05, 4.69) is 37.7 Å². The number of pyridine rings is 1. The molecule has 1 aromatic rings. The van der Waals surface area contributed by atoms with Gasteiger partial charge < -0.3 is 14.8 Å². The Morgan fingerprint density at radius 3 is 2.74 bits per heavy atom. The summed E-state index contributed by atoms with van der Waals surface area (Å²) in [6.07, 6.45) is 2.72. The molecule has 0 radical (unpaired) electrons. The van der Waals surface area contributed by atoms with E-state index in [1.54, 1.807) is 0 Å². The number of H-pyrrole nitrogens is 1. The highest BCUT2D eigenvalue weighted by Gasteiger charge is 2.28. The number of hydrogen-bond acceptors (Lipinski definition) is 3. The zero-order valence-electron chi connectivity index (χ0n) is 14.9. The molecule has 0 unspecified atom stereocenters. The average Bonchev–Trinajstić information content (AvgIpc) is 2.47. The number of hydrogen-bond donors (Lipinski definition) is 1. The molecule has 1 fully saturated rings. The SMILES string of the molecule is CC(C)Cc1cc(C(=O)N(C)[C@@H]2CCN(C)[C@@H](C)C2)cc(=O)[nH]1. The van der Waals surface area contributed by atoms with Crippen molar-refractivity contribution in [3.8, 4) is 0 Å². The van der Waals surface area contributed by atoms with E-state index in [9.17, 15) is 9.59 Å². The topological polar surface area (TPSA) is 56.4 Å².